The first-order valence-corrected chi connectivity index (χ1v) is 5.19. The zero-order chi connectivity index (χ0) is 11.4. The summed E-state index contributed by atoms with van der Waals surface area (Å²) in [6.07, 6.45) is 5.28. The van der Waals surface area contributed by atoms with Crippen LogP contribution in [0.25, 0.3) is 5.69 Å². The smallest absolute Gasteiger partial charge is 0.268 e. The summed E-state index contributed by atoms with van der Waals surface area (Å²) < 4.78 is 1.82. The molecule has 0 fully saturated rings. The molecule has 4 heteroatoms. The van der Waals surface area contributed by atoms with Gasteiger partial charge in [0.25, 0.3) is 5.91 Å². The lowest BCUT2D eigenvalue weighted by Gasteiger charge is -2.08. The van der Waals surface area contributed by atoms with E-state index in [4.69, 9.17) is 0 Å². The highest BCUT2D eigenvalue weighted by Gasteiger charge is 2.10. The normalized spacial score (nSPS) is 10.1. The number of carbonyl (C=O) groups excluding carboxylic acids is 1. The Morgan fingerprint density at radius 3 is 3.00 bits per heavy atom. The number of hydrogen-bond acceptors (Lipinski definition) is 2. The van der Waals surface area contributed by atoms with Gasteiger partial charge in [0.05, 0.1) is 11.9 Å². The Hall–Kier alpha value is -2.10. The summed E-state index contributed by atoms with van der Waals surface area (Å²) in [5.41, 5.74) is 1.50. The maximum absolute atomic E-state index is 11.7. The highest BCUT2D eigenvalue weighted by Crippen LogP contribution is 2.10. The second-order valence-corrected chi connectivity index (χ2v) is 3.33. The number of nitrogens with zero attached hydrogens (tertiary/aromatic N) is 2. The second-order valence-electron chi connectivity index (χ2n) is 3.33. The van der Waals surface area contributed by atoms with E-state index in [0.29, 0.717) is 12.2 Å². The first-order chi connectivity index (χ1) is 7.83. The summed E-state index contributed by atoms with van der Waals surface area (Å²) in [5, 5.41) is 2.78. The molecule has 1 N–H and O–H groups in total. The van der Waals surface area contributed by atoms with Crippen molar-refractivity contribution in [3.8, 4) is 5.69 Å². The van der Waals surface area contributed by atoms with E-state index in [1.54, 1.807) is 18.5 Å². The first kappa shape index (κ1) is 10.4. The van der Waals surface area contributed by atoms with Crippen molar-refractivity contribution in [3.05, 3.63) is 48.5 Å². The van der Waals surface area contributed by atoms with Gasteiger partial charge < -0.3 is 9.88 Å². The average Bonchev–Trinajstić information content (AvgIpc) is 2.79. The Labute approximate surface area is 93.9 Å². The van der Waals surface area contributed by atoms with E-state index in [2.05, 4.69) is 10.3 Å². The Bertz CT molecular complexity index is 476. The van der Waals surface area contributed by atoms with E-state index in [1.165, 1.54) is 0 Å². The Kier molecular flexibility index (Phi) is 3.00. The third-order valence-corrected chi connectivity index (χ3v) is 2.24. The minimum Gasteiger partial charge on any atom is -0.351 e. The van der Waals surface area contributed by atoms with Gasteiger partial charge in [-0.25, -0.2) is 0 Å². The van der Waals surface area contributed by atoms with E-state index in [1.807, 2.05) is 35.9 Å². The Morgan fingerprint density at radius 2 is 2.31 bits per heavy atom. The summed E-state index contributed by atoms with van der Waals surface area (Å²) in [4.78, 5) is 15.8. The summed E-state index contributed by atoms with van der Waals surface area (Å²) in [7, 11) is 0. The van der Waals surface area contributed by atoms with Crippen LogP contribution in [-0.4, -0.2) is 22.0 Å². The fourth-order valence-electron chi connectivity index (χ4n) is 1.54. The molecule has 0 spiro atoms. The SMILES string of the molecule is CCNC(=O)c1cccn1-c1cccnc1. The summed E-state index contributed by atoms with van der Waals surface area (Å²) in [6, 6.07) is 7.39. The predicted molar refractivity (Wildman–Crippen MR) is 61.6 cm³/mol. The largest absolute Gasteiger partial charge is 0.351 e. The van der Waals surface area contributed by atoms with Gasteiger partial charge in [-0.3, -0.25) is 9.78 Å². The van der Waals surface area contributed by atoms with Crippen molar-refractivity contribution in [2.24, 2.45) is 0 Å². The quantitative estimate of drug-likeness (QED) is 0.845. The fraction of sp³-hybridized carbons (Fsp3) is 0.167. The van der Waals surface area contributed by atoms with Gasteiger partial charge in [0.15, 0.2) is 0 Å². The number of rotatable bonds is 3. The Balaban J connectivity index is 2.37. The van der Waals surface area contributed by atoms with Crippen molar-refractivity contribution in [1.82, 2.24) is 14.9 Å². The van der Waals surface area contributed by atoms with Crippen LogP contribution in [0.2, 0.25) is 0 Å². The number of amides is 1. The third-order valence-electron chi connectivity index (χ3n) is 2.24. The number of aromatic nitrogens is 2. The number of nitrogens with one attached hydrogen (secondary N) is 1. The molecule has 0 radical (unpaired) electrons. The van der Waals surface area contributed by atoms with Crippen LogP contribution in [-0.2, 0) is 0 Å². The topological polar surface area (TPSA) is 46.9 Å². The maximum atomic E-state index is 11.7. The van der Waals surface area contributed by atoms with Gasteiger partial charge in [-0.05, 0) is 31.2 Å². The molecule has 0 bridgehead atoms. The molecule has 1 amide bonds. The van der Waals surface area contributed by atoms with E-state index in [0.717, 1.165) is 5.69 Å². The van der Waals surface area contributed by atoms with Gasteiger partial charge in [0.1, 0.15) is 5.69 Å². The zero-order valence-electron chi connectivity index (χ0n) is 9.05. The monoisotopic (exact) mass is 215 g/mol. The average molecular weight is 215 g/mol. The molecule has 0 saturated carbocycles. The zero-order valence-corrected chi connectivity index (χ0v) is 9.05. The van der Waals surface area contributed by atoms with Crippen molar-refractivity contribution in [1.29, 1.82) is 0 Å². The molecule has 0 aliphatic heterocycles. The molecule has 0 aliphatic carbocycles. The molecule has 2 aromatic rings. The van der Waals surface area contributed by atoms with Crippen LogP contribution in [0.4, 0.5) is 0 Å². The van der Waals surface area contributed by atoms with Crippen molar-refractivity contribution >= 4 is 5.91 Å². The van der Waals surface area contributed by atoms with Crippen LogP contribution >= 0.6 is 0 Å². The standard InChI is InChI=1S/C12H13N3O/c1-2-14-12(16)11-6-4-8-15(11)10-5-3-7-13-9-10/h3-9H,2H2,1H3,(H,14,16). The molecule has 2 aromatic heterocycles. The molecule has 0 aliphatic rings. The van der Waals surface area contributed by atoms with Crippen LogP contribution in [0.3, 0.4) is 0 Å². The van der Waals surface area contributed by atoms with E-state index >= 15 is 0 Å². The predicted octanol–water partition coefficient (Wildman–Crippen LogP) is 1.62. The molecule has 0 aromatic carbocycles. The van der Waals surface area contributed by atoms with Gasteiger partial charge in [0.2, 0.25) is 0 Å². The van der Waals surface area contributed by atoms with Gasteiger partial charge in [-0.2, -0.15) is 0 Å². The van der Waals surface area contributed by atoms with Crippen LogP contribution in [0.15, 0.2) is 42.9 Å². The van der Waals surface area contributed by atoms with Crippen LogP contribution in [0.5, 0.6) is 0 Å². The number of carbonyl (C=O) groups is 1. The third kappa shape index (κ3) is 1.95. The lowest BCUT2D eigenvalue weighted by atomic mass is 10.3. The molecule has 82 valence electrons. The molecule has 4 nitrogen and oxygen atoms in total. The van der Waals surface area contributed by atoms with Crippen molar-refractivity contribution in [2.75, 3.05) is 6.54 Å². The van der Waals surface area contributed by atoms with Crippen LogP contribution in [0.1, 0.15) is 17.4 Å². The fourth-order valence-corrected chi connectivity index (χ4v) is 1.54. The van der Waals surface area contributed by atoms with Crippen LogP contribution in [0, 0.1) is 0 Å². The molecule has 0 atom stereocenters. The summed E-state index contributed by atoms with van der Waals surface area (Å²) in [5.74, 6) is -0.0728. The lowest BCUT2D eigenvalue weighted by Crippen LogP contribution is -2.24. The highest BCUT2D eigenvalue weighted by molar-refractivity contribution is 5.93. The molecule has 0 saturated heterocycles. The first-order valence-electron chi connectivity index (χ1n) is 5.19. The van der Waals surface area contributed by atoms with Crippen molar-refractivity contribution < 1.29 is 4.79 Å². The number of pyridine rings is 1. The summed E-state index contributed by atoms with van der Waals surface area (Å²) in [6.45, 7) is 2.52. The molecule has 16 heavy (non-hydrogen) atoms. The minimum atomic E-state index is -0.0728. The van der Waals surface area contributed by atoms with Gasteiger partial charge in [-0.15, -0.1) is 0 Å². The van der Waals surface area contributed by atoms with Gasteiger partial charge in [-0.1, -0.05) is 0 Å². The lowest BCUT2D eigenvalue weighted by molar-refractivity contribution is 0.0949. The minimum absolute atomic E-state index is 0.0728. The van der Waals surface area contributed by atoms with Crippen molar-refractivity contribution in [3.63, 3.8) is 0 Å². The number of hydrogen-bond donors (Lipinski definition) is 1. The molecule has 0 unspecified atom stereocenters. The summed E-state index contributed by atoms with van der Waals surface area (Å²) >= 11 is 0. The van der Waals surface area contributed by atoms with Gasteiger partial charge in [0, 0.05) is 18.9 Å². The molecular formula is C12H13N3O. The molecule has 2 rings (SSSR count). The highest BCUT2D eigenvalue weighted by atomic mass is 16.1. The van der Waals surface area contributed by atoms with E-state index < -0.39 is 0 Å². The van der Waals surface area contributed by atoms with E-state index in [-0.39, 0.29) is 5.91 Å². The van der Waals surface area contributed by atoms with Gasteiger partial charge >= 0.3 is 0 Å². The molecular weight excluding hydrogens is 202 g/mol. The van der Waals surface area contributed by atoms with Crippen LogP contribution < -0.4 is 5.32 Å². The maximum Gasteiger partial charge on any atom is 0.268 e. The Morgan fingerprint density at radius 1 is 1.44 bits per heavy atom. The van der Waals surface area contributed by atoms with E-state index in [9.17, 15) is 4.79 Å². The van der Waals surface area contributed by atoms with Crippen molar-refractivity contribution in [2.45, 2.75) is 6.92 Å². The molecule has 2 heterocycles. The second kappa shape index (κ2) is 4.61.